The first-order chi connectivity index (χ1) is 14.1. The van der Waals surface area contributed by atoms with E-state index in [1.54, 1.807) is 20.4 Å². The summed E-state index contributed by atoms with van der Waals surface area (Å²) in [6.07, 6.45) is 3.65. The Hall–Kier alpha value is -3.34. The lowest BCUT2D eigenvalue weighted by molar-refractivity contribution is -0.121. The van der Waals surface area contributed by atoms with Gasteiger partial charge in [-0.25, -0.2) is 5.43 Å². The number of hydrogen-bond donors (Lipinski definition) is 1. The number of carbonyl (C=O) groups is 1. The Balaban J connectivity index is 1.57. The molecule has 3 aromatic carbocycles. The second-order valence-corrected chi connectivity index (χ2v) is 6.84. The van der Waals surface area contributed by atoms with Gasteiger partial charge in [-0.1, -0.05) is 36.4 Å². The van der Waals surface area contributed by atoms with Crippen LogP contribution in [0.1, 0.15) is 29.5 Å². The van der Waals surface area contributed by atoms with E-state index in [1.165, 1.54) is 11.1 Å². The van der Waals surface area contributed by atoms with Crippen molar-refractivity contribution < 1.29 is 14.3 Å². The van der Waals surface area contributed by atoms with E-state index < -0.39 is 0 Å². The Bertz CT molecular complexity index is 1030. The normalized spacial score (nSPS) is 11.0. The summed E-state index contributed by atoms with van der Waals surface area (Å²) in [5.41, 5.74) is 5.86. The van der Waals surface area contributed by atoms with Crippen LogP contribution in [0.5, 0.6) is 11.5 Å². The van der Waals surface area contributed by atoms with Crippen LogP contribution in [0.4, 0.5) is 0 Å². The van der Waals surface area contributed by atoms with E-state index in [0.717, 1.165) is 40.7 Å². The molecular weight excluding hydrogens is 364 g/mol. The molecule has 0 unspecified atom stereocenters. The minimum Gasteiger partial charge on any atom is -0.497 e. The molecule has 0 spiro atoms. The molecule has 0 aliphatic carbocycles. The van der Waals surface area contributed by atoms with Crippen molar-refractivity contribution in [2.75, 3.05) is 14.2 Å². The first-order valence-electron chi connectivity index (χ1n) is 9.63. The second kappa shape index (κ2) is 9.73. The number of ether oxygens (including phenoxy) is 2. The predicted octanol–water partition coefficient (Wildman–Crippen LogP) is 4.64. The number of methoxy groups -OCH3 is 2. The predicted molar refractivity (Wildman–Crippen MR) is 117 cm³/mol. The molecule has 0 heterocycles. The van der Waals surface area contributed by atoms with Crippen molar-refractivity contribution in [3.05, 3.63) is 71.3 Å². The average Bonchev–Trinajstić information content (AvgIpc) is 2.74. The molecule has 3 aromatic rings. The van der Waals surface area contributed by atoms with Crippen molar-refractivity contribution in [3.8, 4) is 11.5 Å². The summed E-state index contributed by atoms with van der Waals surface area (Å²) in [6, 6.07) is 17.9. The van der Waals surface area contributed by atoms with Gasteiger partial charge in [0.15, 0.2) is 0 Å². The van der Waals surface area contributed by atoms with Gasteiger partial charge in [-0.15, -0.1) is 0 Å². The van der Waals surface area contributed by atoms with E-state index in [9.17, 15) is 4.79 Å². The lowest BCUT2D eigenvalue weighted by atomic mass is 10.0. The summed E-state index contributed by atoms with van der Waals surface area (Å²) in [7, 11) is 3.29. The van der Waals surface area contributed by atoms with Gasteiger partial charge in [0.05, 0.1) is 20.4 Å². The van der Waals surface area contributed by atoms with Crippen molar-refractivity contribution in [2.45, 2.75) is 26.2 Å². The Morgan fingerprint density at radius 3 is 2.66 bits per heavy atom. The number of rotatable bonds is 8. The third-order valence-corrected chi connectivity index (χ3v) is 4.93. The highest BCUT2D eigenvalue weighted by Crippen LogP contribution is 2.26. The molecule has 0 aliphatic rings. The van der Waals surface area contributed by atoms with Gasteiger partial charge in [-0.2, -0.15) is 5.10 Å². The first-order valence-corrected chi connectivity index (χ1v) is 9.63. The maximum absolute atomic E-state index is 12.2. The van der Waals surface area contributed by atoms with Crippen molar-refractivity contribution in [1.29, 1.82) is 0 Å². The van der Waals surface area contributed by atoms with E-state index in [1.807, 2.05) is 48.5 Å². The molecule has 0 aliphatic heterocycles. The highest BCUT2D eigenvalue weighted by Gasteiger charge is 2.07. The quantitative estimate of drug-likeness (QED) is 0.450. The lowest BCUT2D eigenvalue weighted by Gasteiger charge is -2.09. The standard InChI is InChI=1S/C24H26N2O3/c1-17-15-20(28-2)13-11-18(17)8-6-10-24(27)26-25-16-22-21-9-5-4-7-19(21)12-14-23(22)29-3/h4-5,7,9,11-16H,6,8,10H2,1-3H3,(H,26,27)/b25-16-. The topological polar surface area (TPSA) is 59.9 Å². The van der Waals surface area contributed by atoms with Crippen molar-refractivity contribution in [3.63, 3.8) is 0 Å². The van der Waals surface area contributed by atoms with Crippen molar-refractivity contribution in [2.24, 2.45) is 5.10 Å². The highest BCUT2D eigenvalue weighted by molar-refractivity contribution is 6.02. The minimum absolute atomic E-state index is 0.105. The van der Waals surface area contributed by atoms with Crippen molar-refractivity contribution in [1.82, 2.24) is 5.43 Å². The number of nitrogens with one attached hydrogen (secondary N) is 1. The van der Waals surface area contributed by atoms with Crippen LogP contribution in [-0.2, 0) is 11.2 Å². The van der Waals surface area contributed by atoms with Crippen LogP contribution in [0.15, 0.2) is 59.7 Å². The van der Waals surface area contributed by atoms with Gasteiger partial charge in [-0.3, -0.25) is 4.79 Å². The zero-order chi connectivity index (χ0) is 20.6. The molecule has 0 saturated carbocycles. The third kappa shape index (κ3) is 5.13. The summed E-state index contributed by atoms with van der Waals surface area (Å²) in [5.74, 6) is 1.46. The fourth-order valence-electron chi connectivity index (χ4n) is 3.33. The van der Waals surface area contributed by atoms with Gasteiger partial charge >= 0.3 is 0 Å². The number of hydrogen-bond acceptors (Lipinski definition) is 4. The molecule has 0 aromatic heterocycles. The van der Waals surface area contributed by atoms with Crippen LogP contribution in [0.3, 0.4) is 0 Å². The molecule has 0 atom stereocenters. The number of aryl methyl sites for hydroxylation is 2. The number of fused-ring (bicyclic) bond motifs is 1. The third-order valence-electron chi connectivity index (χ3n) is 4.93. The fraction of sp³-hybridized carbons (Fsp3) is 0.250. The van der Waals surface area contributed by atoms with Crippen LogP contribution in [0.2, 0.25) is 0 Å². The molecule has 5 heteroatoms. The number of hydrazone groups is 1. The molecule has 0 fully saturated rings. The molecule has 0 saturated heterocycles. The SMILES string of the molecule is COc1ccc(CCCC(=O)N/N=C\c2c(OC)ccc3ccccc23)c(C)c1. The molecule has 29 heavy (non-hydrogen) atoms. The summed E-state index contributed by atoms with van der Waals surface area (Å²) < 4.78 is 10.7. The van der Waals surface area contributed by atoms with E-state index in [4.69, 9.17) is 9.47 Å². The van der Waals surface area contributed by atoms with Crippen LogP contribution < -0.4 is 14.9 Å². The molecule has 5 nitrogen and oxygen atoms in total. The Morgan fingerprint density at radius 2 is 1.90 bits per heavy atom. The zero-order valence-corrected chi connectivity index (χ0v) is 17.1. The molecule has 0 radical (unpaired) electrons. The highest BCUT2D eigenvalue weighted by atomic mass is 16.5. The summed E-state index contributed by atoms with van der Waals surface area (Å²) in [4.78, 5) is 12.2. The molecule has 150 valence electrons. The van der Waals surface area contributed by atoms with Gasteiger partial charge in [0.2, 0.25) is 5.91 Å². The van der Waals surface area contributed by atoms with E-state index >= 15 is 0 Å². The number of amides is 1. The van der Waals surface area contributed by atoms with Gasteiger partial charge in [0.25, 0.3) is 0 Å². The largest absolute Gasteiger partial charge is 0.497 e. The van der Waals surface area contributed by atoms with Crippen LogP contribution in [-0.4, -0.2) is 26.3 Å². The van der Waals surface area contributed by atoms with E-state index in [0.29, 0.717) is 6.42 Å². The van der Waals surface area contributed by atoms with Gasteiger partial charge in [0, 0.05) is 12.0 Å². The number of nitrogens with zero attached hydrogens (tertiary/aromatic N) is 1. The monoisotopic (exact) mass is 390 g/mol. The smallest absolute Gasteiger partial charge is 0.240 e. The maximum atomic E-state index is 12.2. The first kappa shape index (κ1) is 20.4. The fourth-order valence-corrected chi connectivity index (χ4v) is 3.33. The molecule has 0 bridgehead atoms. The second-order valence-electron chi connectivity index (χ2n) is 6.84. The van der Waals surface area contributed by atoms with Crippen LogP contribution in [0, 0.1) is 6.92 Å². The minimum atomic E-state index is -0.105. The zero-order valence-electron chi connectivity index (χ0n) is 17.1. The average molecular weight is 390 g/mol. The molecule has 3 rings (SSSR count). The van der Waals surface area contributed by atoms with Gasteiger partial charge in [-0.05, 0) is 59.9 Å². The summed E-state index contributed by atoms with van der Waals surface area (Å²) >= 11 is 0. The lowest BCUT2D eigenvalue weighted by Crippen LogP contribution is -2.17. The van der Waals surface area contributed by atoms with Gasteiger partial charge in [0.1, 0.15) is 11.5 Å². The number of benzene rings is 3. The summed E-state index contributed by atoms with van der Waals surface area (Å²) in [5, 5.41) is 6.27. The number of carbonyl (C=O) groups excluding carboxylic acids is 1. The Kier molecular flexibility index (Phi) is 6.85. The Labute approximate surface area is 171 Å². The Morgan fingerprint density at radius 1 is 1.07 bits per heavy atom. The molecular formula is C24H26N2O3. The molecule has 1 amide bonds. The summed E-state index contributed by atoms with van der Waals surface area (Å²) in [6.45, 7) is 2.06. The van der Waals surface area contributed by atoms with Crippen LogP contribution >= 0.6 is 0 Å². The van der Waals surface area contributed by atoms with Crippen molar-refractivity contribution >= 4 is 22.9 Å². The van der Waals surface area contributed by atoms with Gasteiger partial charge < -0.3 is 9.47 Å². The van der Waals surface area contributed by atoms with E-state index in [-0.39, 0.29) is 5.91 Å². The van der Waals surface area contributed by atoms with Crippen LogP contribution in [0.25, 0.3) is 10.8 Å². The molecule has 1 N–H and O–H groups in total. The maximum Gasteiger partial charge on any atom is 0.240 e. The van der Waals surface area contributed by atoms with E-state index in [2.05, 4.69) is 23.5 Å².